The lowest BCUT2D eigenvalue weighted by Gasteiger charge is -2.36. The predicted octanol–water partition coefficient (Wildman–Crippen LogP) is 1.67. The van der Waals surface area contributed by atoms with E-state index < -0.39 is 11.2 Å². The van der Waals surface area contributed by atoms with E-state index in [-0.39, 0.29) is 16.7 Å². The van der Waals surface area contributed by atoms with Crippen LogP contribution in [-0.2, 0) is 18.9 Å². The van der Waals surface area contributed by atoms with Crippen molar-refractivity contribution < 1.29 is 4.79 Å². The van der Waals surface area contributed by atoms with Crippen molar-refractivity contribution >= 4 is 23.4 Å². The minimum absolute atomic E-state index is 0.0166. The van der Waals surface area contributed by atoms with Gasteiger partial charge in [-0.05, 0) is 37.0 Å². The van der Waals surface area contributed by atoms with E-state index in [2.05, 4.69) is 36.4 Å². The number of carbonyl (C=O) groups is 1. The second-order valence-electron chi connectivity index (χ2n) is 7.69. The number of amides is 1. The molecule has 1 amide bonds. The maximum atomic E-state index is 12.0. The quantitative estimate of drug-likeness (QED) is 0.584. The standard InChI is InChI=1S/C18H29N5O3S/c1-6-18(2,3)12-7-9-13(10-8-12)19-20-14(24)11-27-15-16(25)22(4)17(26)23(5)21-15/h12H,6-11H2,1-5H3,(H,20,24). The van der Waals surface area contributed by atoms with E-state index in [9.17, 15) is 14.4 Å². The molecule has 0 unspecified atom stereocenters. The van der Waals surface area contributed by atoms with Gasteiger partial charge in [-0.3, -0.25) is 14.2 Å². The van der Waals surface area contributed by atoms with Crippen molar-refractivity contribution in [3.8, 4) is 0 Å². The summed E-state index contributed by atoms with van der Waals surface area (Å²) in [6, 6.07) is 0. The number of aryl methyl sites for hydroxylation is 1. The van der Waals surface area contributed by atoms with Crippen LogP contribution >= 0.6 is 11.8 Å². The molecule has 0 radical (unpaired) electrons. The summed E-state index contributed by atoms with van der Waals surface area (Å²) in [5, 5.41) is 8.28. The van der Waals surface area contributed by atoms with Crippen LogP contribution in [0.2, 0.25) is 0 Å². The molecule has 8 nitrogen and oxygen atoms in total. The van der Waals surface area contributed by atoms with Crippen LogP contribution in [0, 0.1) is 11.3 Å². The van der Waals surface area contributed by atoms with Crippen molar-refractivity contribution in [1.82, 2.24) is 19.8 Å². The van der Waals surface area contributed by atoms with Gasteiger partial charge < -0.3 is 0 Å². The molecule has 0 atom stereocenters. The summed E-state index contributed by atoms with van der Waals surface area (Å²) in [5.41, 5.74) is 2.94. The topological polar surface area (TPSA) is 98.3 Å². The van der Waals surface area contributed by atoms with Crippen LogP contribution < -0.4 is 16.7 Å². The fourth-order valence-corrected chi connectivity index (χ4v) is 3.97. The highest BCUT2D eigenvalue weighted by atomic mass is 32.2. The van der Waals surface area contributed by atoms with E-state index in [4.69, 9.17) is 0 Å². The molecule has 1 aliphatic carbocycles. The number of hydrazone groups is 1. The Morgan fingerprint density at radius 3 is 2.52 bits per heavy atom. The first kappa shape index (κ1) is 21.4. The van der Waals surface area contributed by atoms with Crippen molar-refractivity contribution in [2.45, 2.75) is 57.9 Å². The largest absolute Gasteiger partial charge is 0.346 e. The Kier molecular flexibility index (Phi) is 7.02. The SMILES string of the molecule is CCC(C)(C)C1CCC(=NNC(=O)CSc2nn(C)c(=O)n(C)c2=O)CC1. The minimum atomic E-state index is -0.501. The first-order valence-electron chi connectivity index (χ1n) is 9.27. The third kappa shape index (κ3) is 5.31. The molecule has 1 saturated carbocycles. The molecular formula is C18H29N5O3S. The average molecular weight is 396 g/mol. The molecule has 1 N–H and O–H groups in total. The van der Waals surface area contributed by atoms with E-state index in [1.54, 1.807) is 0 Å². The summed E-state index contributed by atoms with van der Waals surface area (Å²) in [6.07, 6.45) is 5.18. The number of aromatic nitrogens is 3. The molecule has 1 aromatic rings. The molecule has 0 bridgehead atoms. The molecule has 150 valence electrons. The number of carbonyl (C=O) groups excluding carboxylic acids is 1. The summed E-state index contributed by atoms with van der Waals surface area (Å²) in [6.45, 7) is 6.86. The Balaban J connectivity index is 1.87. The maximum absolute atomic E-state index is 12.0. The molecule has 1 fully saturated rings. The third-order valence-electron chi connectivity index (χ3n) is 5.55. The Bertz CT molecular complexity index is 830. The second-order valence-corrected chi connectivity index (χ2v) is 8.66. The van der Waals surface area contributed by atoms with Gasteiger partial charge in [-0.25, -0.2) is 14.9 Å². The van der Waals surface area contributed by atoms with Gasteiger partial charge in [-0.15, -0.1) is 0 Å². The van der Waals surface area contributed by atoms with Crippen LogP contribution in [-0.4, -0.2) is 31.7 Å². The van der Waals surface area contributed by atoms with E-state index in [0.29, 0.717) is 11.3 Å². The fourth-order valence-electron chi connectivity index (χ4n) is 3.20. The van der Waals surface area contributed by atoms with Gasteiger partial charge in [0.25, 0.3) is 5.56 Å². The monoisotopic (exact) mass is 395 g/mol. The number of hydrogen-bond donors (Lipinski definition) is 1. The van der Waals surface area contributed by atoms with Gasteiger partial charge in [0.2, 0.25) is 5.91 Å². The average Bonchev–Trinajstić information content (AvgIpc) is 2.66. The molecule has 1 aromatic heterocycles. The van der Waals surface area contributed by atoms with E-state index in [1.807, 2.05) is 0 Å². The van der Waals surface area contributed by atoms with Crippen molar-refractivity contribution in [2.75, 3.05) is 5.75 Å². The van der Waals surface area contributed by atoms with E-state index in [1.165, 1.54) is 14.1 Å². The zero-order chi connectivity index (χ0) is 20.2. The van der Waals surface area contributed by atoms with E-state index in [0.717, 1.165) is 58.8 Å². The minimum Gasteiger partial charge on any atom is -0.272 e. The Labute approximate surface area is 163 Å². The highest BCUT2D eigenvalue weighted by molar-refractivity contribution is 7.99. The highest BCUT2D eigenvalue weighted by Gasteiger charge is 2.30. The zero-order valence-corrected chi connectivity index (χ0v) is 17.6. The smallest absolute Gasteiger partial charge is 0.272 e. The van der Waals surface area contributed by atoms with Crippen molar-refractivity contribution in [2.24, 2.45) is 30.5 Å². The Hall–Kier alpha value is -1.90. The van der Waals surface area contributed by atoms with Gasteiger partial charge in [-0.1, -0.05) is 39.0 Å². The summed E-state index contributed by atoms with van der Waals surface area (Å²) in [4.78, 5) is 35.7. The lowest BCUT2D eigenvalue weighted by Crippen LogP contribution is -2.39. The molecule has 0 aliphatic heterocycles. The fraction of sp³-hybridized carbons (Fsp3) is 0.722. The van der Waals surface area contributed by atoms with Crippen LogP contribution in [0.25, 0.3) is 0 Å². The van der Waals surface area contributed by atoms with Crippen LogP contribution in [0.3, 0.4) is 0 Å². The zero-order valence-electron chi connectivity index (χ0n) is 16.7. The van der Waals surface area contributed by atoms with Gasteiger partial charge in [-0.2, -0.15) is 10.2 Å². The first-order chi connectivity index (χ1) is 12.7. The number of nitrogens with zero attached hydrogens (tertiary/aromatic N) is 4. The number of rotatable bonds is 6. The Morgan fingerprint density at radius 1 is 1.30 bits per heavy atom. The molecular weight excluding hydrogens is 366 g/mol. The summed E-state index contributed by atoms with van der Waals surface area (Å²) in [7, 11) is 2.85. The van der Waals surface area contributed by atoms with Crippen LogP contribution in [0.1, 0.15) is 52.9 Å². The molecule has 0 aromatic carbocycles. The lowest BCUT2D eigenvalue weighted by molar-refractivity contribution is -0.118. The van der Waals surface area contributed by atoms with Crippen molar-refractivity contribution in [3.63, 3.8) is 0 Å². The summed E-state index contributed by atoms with van der Waals surface area (Å²) < 4.78 is 2.06. The molecule has 1 heterocycles. The third-order valence-corrected chi connectivity index (χ3v) is 6.49. The number of nitrogens with one attached hydrogen (secondary N) is 1. The maximum Gasteiger partial charge on any atom is 0.346 e. The predicted molar refractivity (Wildman–Crippen MR) is 107 cm³/mol. The van der Waals surface area contributed by atoms with Gasteiger partial charge >= 0.3 is 5.69 Å². The Morgan fingerprint density at radius 2 is 1.93 bits per heavy atom. The molecule has 27 heavy (non-hydrogen) atoms. The molecule has 0 saturated heterocycles. The second kappa shape index (κ2) is 8.86. The van der Waals surface area contributed by atoms with E-state index >= 15 is 0 Å². The van der Waals surface area contributed by atoms with Crippen LogP contribution in [0.5, 0.6) is 0 Å². The number of hydrogen-bond acceptors (Lipinski definition) is 6. The van der Waals surface area contributed by atoms with Crippen molar-refractivity contribution in [3.05, 3.63) is 20.8 Å². The summed E-state index contributed by atoms with van der Waals surface area (Å²) >= 11 is 1.00. The lowest BCUT2D eigenvalue weighted by atomic mass is 9.69. The normalized spacial score (nSPS) is 17.7. The van der Waals surface area contributed by atoms with Gasteiger partial charge in [0, 0.05) is 19.8 Å². The van der Waals surface area contributed by atoms with Gasteiger partial charge in [0.1, 0.15) is 0 Å². The van der Waals surface area contributed by atoms with Gasteiger partial charge in [0.15, 0.2) is 5.03 Å². The molecule has 0 spiro atoms. The highest BCUT2D eigenvalue weighted by Crippen LogP contribution is 2.39. The van der Waals surface area contributed by atoms with Gasteiger partial charge in [0.05, 0.1) is 5.75 Å². The van der Waals surface area contributed by atoms with Crippen LogP contribution in [0.15, 0.2) is 19.7 Å². The van der Waals surface area contributed by atoms with Crippen molar-refractivity contribution in [1.29, 1.82) is 0 Å². The molecule has 1 aliphatic rings. The number of thioether (sulfide) groups is 1. The first-order valence-corrected chi connectivity index (χ1v) is 10.3. The summed E-state index contributed by atoms with van der Waals surface area (Å²) in [5.74, 6) is 0.420. The van der Waals surface area contributed by atoms with Crippen LogP contribution in [0.4, 0.5) is 0 Å². The molecule has 9 heteroatoms. The molecule has 2 rings (SSSR count).